The fourth-order valence-electron chi connectivity index (χ4n) is 4.74. The number of nitrogens with zero attached hydrogens (tertiary/aromatic N) is 4. The topological polar surface area (TPSA) is 33.4 Å². The third-order valence-corrected chi connectivity index (χ3v) is 7.42. The Balaban J connectivity index is 1.64. The Morgan fingerprint density at radius 3 is 2.70 bits per heavy atom. The van der Waals surface area contributed by atoms with Crippen molar-refractivity contribution in [1.82, 2.24) is 14.5 Å². The van der Waals surface area contributed by atoms with E-state index in [1.807, 2.05) is 30.1 Å². The van der Waals surface area contributed by atoms with Gasteiger partial charge in [0, 0.05) is 40.1 Å². The first-order chi connectivity index (χ1) is 14.4. The number of halogens is 1. The molecule has 0 radical (unpaired) electrons. The van der Waals surface area contributed by atoms with Crippen molar-refractivity contribution < 1.29 is 0 Å². The zero-order valence-corrected chi connectivity index (χ0v) is 19.2. The van der Waals surface area contributed by atoms with Gasteiger partial charge in [0.2, 0.25) is 0 Å². The average Bonchev–Trinajstić information content (AvgIpc) is 3.34. The van der Waals surface area contributed by atoms with Crippen LogP contribution >= 0.6 is 23.4 Å². The molecule has 0 bridgehead atoms. The van der Waals surface area contributed by atoms with E-state index in [2.05, 4.69) is 72.5 Å². The van der Waals surface area contributed by atoms with Gasteiger partial charge in [-0.05, 0) is 62.2 Å². The first-order valence-corrected chi connectivity index (χ1v) is 11.6. The van der Waals surface area contributed by atoms with Crippen LogP contribution in [0.4, 0.5) is 0 Å². The van der Waals surface area contributed by atoms with Crippen molar-refractivity contribution in [2.75, 3.05) is 6.54 Å². The van der Waals surface area contributed by atoms with Gasteiger partial charge in [-0.2, -0.15) is 0 Å². The Kier molecular flexibility index (Phi) is 4.91. The lowest BCUT2D eigenvalue weighted by atomic mass is 9.96. The molecule has 1 saturated heterocycles. The lowest BCUT2D eigenvalue weighted by molar-refractivity contribution is 0.320. The number of aryl methyl sites for hydroxylation is 2. The lowest BCUT2D eigenvalue weighted by Crippen LogP contribution is -2.28. The number of aliphatic imine (C=N–C) groups is 1. The minimum atomic E-state index is 0.00982. The Labute approximate surface area is 187 Å². The summed E-state index contributed by atoms with van der Waals surface area (Å²) in [7, 11) is 0. The van der Waals surface area contributed by atoms with E-state index in [9.17, 15) is 0 Å². The molecular formula is C24H25ClN4S. The maximum absolute atomic E-state index is 6.35. The van der Waals surface area contributed by atoms with E-state index in [4.69, 9.17) is 16.6 Å². The standard InChI is InChI=1S/C24H25ClN4S/c1-14-8-9-18(25)12-21(14)29-15(2)11-19(17(29)4)23-22(20-7-5-6-10-26-20)27-24-28(23)13-16(3)30-24/h5-12,16,22-23H,13H2,1-4H3. The maximum Gasteiger partial charge on any atom is 0.160 e. The second-order valence-corrected chi connectivity index (χ2v) is 10.1. The number of rotatable bonds is 3. The lowest BCUT2D eigenvalue weighted by Gasteiger charge is -2.27. The Bertz CT molecular complexity index is 1140. The quantitative estimate of drug-likeness (QED) is 0.501. The molecule has 0 amide bonds. The van der Waals surface area contributed by atoms with Gasteiger partial charge in [0.25, 0.3) is 0 Å². The molecule has 3 atom stereocenters. The molecule has 2 aliphatic rings. The Morgan fingerprint density at radius 1 is 1.10 bits per heavy atom. The number of thioether (sulfide) groups is 1. The summed E-state index contributed by atoms with van der Waals surface area (Å²) in [4.78, 5) is 12.3. The predicted molar refractivity (Wildman–Crippen MR) is 126 cm³/mol. The van der Waals surface area contributed by atoms with Crippen molar-refractivity contribution in [1.29, 1.82) is 0 Å². The molecule has 154 valence electrons. The molecule has 3 aromatic rings. The third kappa shape index (κ3) is 3.15. The molecular weight excluding hydrogens is 412 g/mol. The molecule has 5 rings (SSSR count). The van der Waals surface area contributed by atoms with Crippen LogP contribution in [0.15, 0.2) is 53.7 Å². The van der Waals surface area contributed by atoms with Crippen LogP contribution in [0.1, 0.15) is 47.2 Å². The second kappa shape index (κ2) is 7.47. The summed E-state index contributed by atoms with van der Waals surface area (Å²) in [5, 5.41) is 2.45. The fraction of sp³-hybridized carbons (Fsp3) is 0.333. The minimum Gasteiger partial charge on any atom is -0.341 e. The summed E-state index contributed by atoms with van der Waals surface area (Å²) in [5.74, 6) is 0. The zero-order valence-electron chi connectivity index (χ0n) is 17.6. The average molecular weight is 437 g/mol. The molecule has 1 aromatic carbocycles. The van der Waals surface area contributed by atoms with E-state index in [-0.39, 0.29) is 12.1 Å². The van der Waals surface area contributed by atoms with E-state index in [0.717, 1.165) is 28.1 Å². The minimum absolute atomic E-state index is 0.00982. The van der Waals surface area contributed by atoms with Crippen molar-refractivity contribution >= 4 is 28.5 Å². The normalized spacial score (nSPS) is 23.0. The zero-order chi connectivity index (χ0) is 21.0. The van der Waals surface area contributed by atoms with Gasteiger partial charge in [-0.1, -0.05) is 42.4 Å². The number of hydrogen-bond acceptors (Lipinski definition) is 4. The van der Waals surface area contributed by atoms with Crippen LogP contribution in [0.5, 0.6) is 0 Å². The largest absolute Gasteiger partial charge is 0.341 e. The van der Waals surface area contributed by atoms with Gasteiger partial charge in [-0.15, -0.1) is 0 Å². The molecule has 4 nitrogen and oxygen atoms in total. The summed E-state index contributed by atoms with van der Waals surface area (Å²) in [6.07, 6.45) is 1.87. The number of amidine groups is 1. The van der Waals surface area contributed by atoms with Crippen LogP contribution in [-0.4, -0.2) is 31.4 Å². The van der Waals surface area contributed by atoms with Crippen LogP contribution in [0.3, 0.4) is 0 Å². The summed E-state index contributed by atoms with van der Waals surface area (Å²) in [5.41, 5.74) is 7.15. The predicted octanol–water partition coefficient (Wildman–Crippen LogP) is 6.04. The number of fused-ring (bicyclic) bond motifs is 1. The maximum atomic E-state index is 6.35. The molecule has 0 spiro atoms. The van der Waals surface area contributed by atoms with Crippen LogP contribution < -0.4 is 0 Å². The van der Waals surface area contributed by atoms with Crippen molar-refractivity contribution in [2.45, 2.75) is 45.0 Å². The van der Waals surface area contributed by atoms with Crippen molar-refractivity contribution in [3.05, 3.63) is 81.9 Å². The summed E-state index contributed by atoms with van der Waals surface area (Å²) in [6.45, 7) is 9.80. The smallest absolute Gasteiger partial charge is 0.160 e. The number of benzene rings is 1. The Morgan fingerprint density at radius 2 is 1.93 bits per heavy atom. The third-order valence-electron chi connectivity index (χ3n) is 6.08. The first-order valence-electron chi connectivity index (χ1n) is 10.3. The van der Waals surface area contributed by atoms with Crippen LogP contribution in [0, 0.1) is 20.8 Å². The first kappa shape index (κ1) is 19.7. The SMILES string of the molecule is Cc1ccc(Cl)cc1-n1c(C)cc(C2C(c3ccccn3)N=C3SC(C)CN32)c1C. The summed E-state index contributed by atoms with van der Waals surface area (Å²) in [6, 6.07) is 14.7. The van der Waals surface area contributed by atoms with Crippen molar-refractivity contribution in [3.8, 4) is 5.69 Å². The van der Waals surface area contributed by atoms with Crippen molar-refractivity contribution in [2.24, 2.45) is 4.99 Å². The van der Waals surface area contributed by atoms with Gasteiger partial charge < -0.3 is 9.47 Å². The highest BCUT2D eigenvalue weighted by molar-refractivity contribution is 8.14. The second-order valence-electron chi connectivity index (χ2n) is 8.23. The molecule has 2 aromatic heterocycles. The molecule has 3 unspecified atom stereocenters. The fourth-order valence-corrected chi connectivity index (χ4v) is 5.99. The highest BCUT2D eigenvalue weighted by Gasteiger charge is 2.44. The molecule has 2 aliphatic heterocycles. The molecule has 0 saturated carbocycles. The molecule has 0 aliphatic carbocycles. The molecule has 4 heterocycles. The van der Waals surface area contributed by atoms with Gasteiger partial charge in [0.05, 0.1) is 11.7 Å². The van der Waals surface area contributed by atoms with E-state index >= 15 is 0 Å². The number of aromatic nitrogens is 2. The van der Waals surface area contributed by atoms with Gasteiger partial charge in [0.15, 0.2) is 5.17 Å². The van der Waals surface area contributed by atoms with E-state index in [1.165, 1.54) is 22.5 Å². The van der Waals surface area contributed by atoms with Gasteiger partial charge >= 0.3 is 0 Å². The summed E-state index contributed by atoms with van der Waals surface area (Å²) >= 11 is 8.22. The summed E-state index contributed by atoms with van der Waals surface area (Å²) < 4.78 is 2.33. The van der Waals surface area contributed by atoms with E-state index in [1.54, 1.807) is 0 Å². The highest BCUT2D eigenvalue weighted by Crippen LogP contribution is 2.49. The molecule has 30 heavy (non-hydrogen) atoms. The molecule has 6 heteroatoms. The van der Waals surface area contributed by atoms with E-state index < -0.39 is 0 Å². The Hall–Kier alpha value is -2.24. The van der Waals surface area contributed by atoms with Gasteiger partial charge in [-0.25, -0.2) is 0 Å². The van der Waals surface area contributed by atoms with E-state index in [0.29, 0.717) is 5.25 Å². The van der Waals surface area contributed by atoms with Gasteiger partial charge in [-0.3, -0.25) is 9.98 Å². The molecule has 1 fully saturated rings. The number of pyridine rings is 1. The number of hydrogen-bond donors (Lipinski definition) is 0. The van der Waals surface area contributed by atoms with Crippen LogP contribution in [0.2, 0.25) is 5.02 Å². The van der Waals surface area contributed by atoms with Crippen LogP contribution in [-0.2, 0) is 0 Å². The monoisotopic (exact) mass is 436 g/mol. The molecule has 0 N–H and O–H groups in total. The van der Waals surface area contributed by atoms with Gasteiger partial charge in [0.1, 0.15) is 6.04 Å². The highest BCUT2D eigenvalue weighted by atomic mass is 35.5. The van der Waals surface area contributed by atoms with Crippen LogP contribution in [0.25, 0.3) is 5.69 Å². The van der Waals surface area contributed by atoms with Crippen molar-refractivity contribution in [3.63, 3.8) is 0 Å².